The molecule has 5 atom stereocenters. The van der Waals surface area contributed by atoms with Crippen molar-refractivity contribution in [2.45, 2.75) is 109 Å². The standard InChI is InChI=1S/C57H58N6O6/c1-57(2)68-54-51(31-39-16-22-47(23-17-39)66-37-41-11-5-3-6-12-41)61(35-43-20-26-49-45(29-43)33-58-60-49)56(64)62(36-44-21-27-50-46(30-44)34-59-63(50)53-15-9-10-28-65-53)52(55(54)69-57)32-40-18-24-48(25-19-40)67-38-42-13-7-4-8-14-42/h3-8,11-14,16-27,29-30,33-34,51-55H,9-10,15,28,31-32,35-38H2,1-2H3,(H,58,60)/t51-,52-,53?,54+,55+/m1/s1. The Morgan fingerprint density at radius 2 is 1.17 bits per heavy atom. The van der Waals surface area contributed by atoms with Gasteiger partial charge in [0.15, 0.2) is 12.0 Å². The van der Waals surface area contributed by atoms with Crippen molar-refractivity contribution in [1.82, 2.24) is 29.8 Å². The van der Waals surface area contributed by atoms with Crippen LogP contribution in [0.2, 0.25) is 0 Å². The number of hydrogen-bond donors (Lipinski definition) is 1. The third kappa shape index (κ3) is 9.97. The molecule has 0 bridgehead atoms. The largest absolute Gasteiger partial charge is 0.489 e. The summed E-state index contributed by atoms with van der Waals surface area (Å²) in [6, 6.07) is 48.6. The van der Waals surface area contributed by atoms with Gasteiger partial charge in [0.05, 0.1) is 35.5 Å². The van der Waals surface area contributed by atoms with Gasteiger partial charge in [0.1, 0.15) is 36.9 Å². The average Bonchev–Trinajstić information content (AvgIpc) is 4.11. The van der Waals surface area contributed by atoms with E-state index in [0.717, 1.165) is 92.6 Å². The topological polar surface area (TPSA) is 116 Å². The predicted octanol–water partition coefficient (Wildman–Crippen LogP) is 11.0. The van der Waals surface area contributed by atoms with Crippen molar-refractivity contribution < 1.29 is 28.5 Å². The minimum Gasteiger partial charge on any atom is -0.489 e. The number of ether oxygens (including phenoxy) is 5. The molecule has 69 heavy (non-hydrogen) atoms. The maximum atomic E-state index is 16.0. The summed E-state index contributed by atoms with van der Waals surface area (Å²) < 4.78 is 34.7. The van der Waals surface area contributed by atoms with Crippen LogP contribution in [-0.2, 0) is 53.4 Å². The first-order chi connectivity index (χ1) is 33.8. The molecule has 3 aliphatic rings. The fraction of sp³-hybridized carbons (Fsp3) is 0.316. The third-order valence-electron chi connectivity index (χ3n) is 13.7. The molecule has 3 fully saturated rings. The van der Waals surface area contributed by atoms with Crippen molar-refractivity contribution in [2.75, 3.05) is 6.61 Å². The number of rotatable bonds is 15. The maximum Gasteiger partial charge on any atom is 0.321 e. The number of H-pyrrole nitrogens is 1. The minimum absolute atomic E-state index is 0.0848. The lowest BCUT2D eigenvalue weighted by Crippen LogP contribution is -2.51. The van der Waals surface area contributed by atoms with Crippen LogP contribution >= 0.6 is 0 Å². The molecule has 5 heterocycles. The number of nitrogens with one attached hydrogen (secondary N) is 1. The van der Waals surface area contributed by atoms with Crippen LogP contribution in [0.4, 0.5) is 4.79 Å². The van der Waals surface area contributed by atoms with Gasteiger partial charge >= 0.3 is 6.03 Å². The van der Waals surface area contributed by atoms with E-state index in [1.54, 1.807) is 0 Å². The molecule has 0 radical (unpaired) electrons. The Morgan fingerprint density at radius 3 is 1.74 bits per heavy atom. The van der Waals surface area contributed by atoms with E-state index in [9.17, 15) is 0 Å². The molecule has 0 saturated carbocycles. The molecule has 352 valence electrons. The Balaban J connectivity index is 0.961. The van der Waals surface area contributed by atoms with Crippen molar-refractivity contribution in [3.63, 3.8) is 0 Å². The Morgan fingerprint density at radius 1 is 0.623 bits per heavy atom. The first-order valence-corrected chi connectivity index (χ1v) is 24.2. The lowest BCUT2D eigenvalue weighted by Gasteiger charge is -2.37. The number of aromatic amines is 1. The fourth-order valence-electron chi connectivity index (χ4n) is 10.3. The smallest absolute Gasteiger partial charge is 0.321 e. The van der Waals surface area contributed by atoms with Crippen LogP contribution in [0.15, 0.2) is 158 Å². The highest BCUT2D eigenvalue weighted by atomic mass is 16.8. The minimum atomic E-state index is -0.918. The van der Waals surface area contributed by atoms with Gasteiger partial charge in [-0.05, 0) is 128 Å². The molecule has 1 unspecified atom stereocenters. The molecule has 0 aliphatic carbocycles. The highest BCUT2D eigenvalue weighted by molar-refractivity contribution is 5.81. The summed E-state index contributed by atoms with van der Waals surface area (Å²) in [7, 11) is 0. The number of hydrogen-bond acceptors (Lipinski definition) is 8. The molecule has 6 aromatic carbocycles. The van der Waals surface area contributed by atoms with Gasteiger partial charge in [0.25, 0.3) is 0 Å². The van der Waals surface area contributed by atoms with Gasteiger partial charge in [-0.1, -0.05) is 97.1 Å². The van der Waals surface area contributed by atoms with E-state index in [2.05, 4.69) is 89.1 Å². The van der Waals surface area contributed by atoms with E-state index in [4.69, 9.17) is 28.8 Å². The normalized spacial score (nSPS) is 21.4. The summed E-state index contributed by atoms with van der Waals surface area (Å²) in [6.45, 7) is 6.34. The molecule has 8 aromatic rings. The zero-order valence-corrected chi connectivity index (χ0v) is 39.2. The maximum absolute atomic E-state index is 16.0. The summed E-state index contributed by atoms with van der Waals surface area (Å²) >= 11 is 0. The molecular weight excluding hydrogens is 865 g/mol. The number of fused-ring (bicyclic) bond motifs is 3. The first-order valence-electron chi connectivity index (χ1n) is 24.2. The van der Waals surface area contributed by atoms with Gasteiger partial charge in [-0.15, -0.1) is 0 Å². The summed E-state index contributed by atoms with van der Waals surface area (Å²) in [4.78, 5) is 20.1. The third-order valence-corrected chi connectivity index (χ3v) is 13.7. The Bertz CT molecular complexity index is 2990. The number of carbonyl (C=O) groups is 1. The Hall–Kier alpha value is -6.99. The molecule has 12 nitrogen and oxygen atoms in total. The van der Waals surface area contributed by atoms with E-state index >= 15 is 4.79 Å². The van der Waals surface area contributed by atoms with E-state index in [0.29, 0.717) is 39.1 Å². The average molecular weight is 923 g/mol. The second kappa shape index (κ2) is 19.6. The van der Waals surface area contributed by atoms with Crippen molar-refractivity contribution in [3.05, 3.63) is 191 Å². The number of nitrogens with zero attached hydrogens (tertiary/aromatic N) is 5. The van der Waals surface area contributed by atoms with Crippen LogP contribution in [0, 0.1) is 0 Å². The van der Waals surface area contributed by atoms with Gasteiger partial charge in [-0.3, -0.25) is 5.10 Å². The van der Waals surface area contributed by atoms with E-state index in [-0.39, 0.29) is 12.3 Å². The van der Waals surface area contributed by atoms with Crippen molar-refractivity contribution in [3.8, 4) is 11.5 Å². The first kappa shape index (κ1) is 44.5. The van der Waals surface area contributed by atoms with E-state index in [1.165, 1.54) is 0 Å². The lowest BCUT2D eigenvalue weighted by atomic mass is 9.90. The summed E-state index contributed by atoms with van der Waals surface area (Å²) in [5.41, 5.74) is 8.26. The zero-order valence-electron chi connectivity index (χ0n) is 39.2. The Kier molecular flexibility index (Phi) is 12.6. The molecule has 3 saturated heterocycles. The van der Waals surface area contributed by atoms with E-state index in [1.807, 2.05) is 107 Å². The number of aromatic nitrogens is 4. The number of carbonyl (C=O) groups excluding carboxylic acids is 1. The zero-order chi connectivity index (χ0) is 46.7. The highest BCUT2D eigenvalue weighted by Crippen LogP contribution is 2.41. The van der Waals surface area contributed by atoms with Crippen LogP contribution < -0.4 is 9.47 Å². The van der Waals surface area contributed by atoms with Gasteiger partial charge in [0.2, 0.25) is 0 Å². The SMILES string of the molecule is CC1(C)O[C@@H]2[C@@H](O1)[C@@H](Cc1ccc(OCc3ccccc3)cc1)N(Cc1ccc3c(cnn3C3CCCCO3)c1)C(=O)N(Cc1ccc3[nH]ncc3c1)[C@@H]2Cc1ccc(OCc2ccccc2)cc1. The molecular formula is C57H58N6O6. The van der Waals surface area contributed by atoms with E-state index < -0.39 is 30.1 Å². The molecule has 2 amide bonds. The van der Waals surface area contributed by atoms with Crippen LogP contribution in [0.5, 0.6) is 11.5 Å². The fourth-order valence-corrected chi connectivity index (χ4v) is 10.3. The number of amides is 2. The lowest BCUT2D eigenvalue weighted by molar-refractivity contribution is -0.157. The summed E-state index contributed by atoms with van der Waals surface area (Å²) in [6.07, 6.45) is 6.87. The van der Waals surface area contributed by atoms with Gasteiger partial charge in [0, 0.05) is 30.5 Å². The van der Waals surface area contributed by atoms with Crippen molar-refractivity contribution in [1.29, 1.82) is 0 Å². The molecule has 0 spiro atoms. The highest BCUT2D eigenvalue weighted by Gasteiger charge is 2.55. The number of urea groups is 1. The second-order valence-electron chi connectivity index (χ2n) is 19.1. The molecule has 2 aromatic heterocycles. The molecule has 3 aliphatic heterocycles. The summed E-state index contributed by atoms with van der Waals surface area (Å²) in [5.74, 6) is 0.638. The van der Waals surface area contributed by atoms with Gasteiger partial charge in [-0.25, -0.2) is 9.48 Å². The Labute approximate surface area is 402 Å². The van der Waals surface area contributed by atoms with Crippen LogP contribution in [-0.4, -0.2) is 72.5 Å². The monoisotopic (exact) mass is 922 g/mol. The second-order valence-corrected chi connectivity index (χ2v) is 19.1. The van der Waals surface area contributed by atoms with Crippen LogP contribution in [0.25, 0.3) is 21.8 Å². The molecule has 12 heteroatoms. The summed E-state index contributed by atoms with van der Waals surface area (Å²) in [5, 5.41) is 14.2. The number of benzene rings is 6. The molecule has 1 N–H and O–H groups in total. The van der Waals surface area contributed by atoms with Crippen LogP contribution in [0.1, 0.15) is 72.7 Å². The van der Waals surface area contributed by atoms with Gasteiger partial charge < -0.3 is 33.5 Å². The van der Waals surface area contributed by atoms with Gasteiger partial charge in [-0.2, -0.15) is 10.2 Å². The van der Waals surface area contributed by atoms with Crippen molar-refractivity contribution in [2.24, 2.45) is 0 Å². The predicted molar refractivity (Wildman–Crippen MR) is 264 cm³/mol. The quantitative estimate of drug-likeness (QED) is 0.108. The van der Waals surface area contributed by atoms with Crippen LogP contribution in [0.3, 0.4) is 0 Å². The molecule has 11 rings (SSSR count). The van der Waals surface area contributed by atoms with Crippen molar-refractivity contribution >= 4 is 27.8 Å².